The van der Waals surface area contributed by atoms with Gasteiger partial charge in [0.25, 0.3) is 0 Å². The van der Waals surface area contributed by atoms with Crippen LogP contribution in [0.25, 0.3) is 6.08 Å². The smallest absolute Gasteiger partial charge is 0.340 e. The molecule has 1 amide bonds. The molecule has 0 saturated carbocycles. The highest BCUT2D eigenvalue weighted by Crippen LogP contribution is 2.22. The maximum absolute atomic E-state index is 13.8. The second-order valence-electron chi connectivity index (χ2n) is 5.37. The van der Waals surface area contributed by atoms with Crippen LogP contribution in [-0.2, 0) is 9.53 Å². The molecule has 0 aliphatic carbocycles. The molecular weight excluding hydrogens is 344 g/mol. The molecule has 1 N–H and O–H groups in total. The Bertz CT molecular complexity index is 878. The minimum Gasteiger partial charge on any atom is -0.496 e. The van der Waals surface area contributed by atoms with E-state index in [1.165, 1.54) is 19.3 Å². The third kappa shape index (κ3) is 4.44. The van der Waals surface area contributed by atoms with Gasteiger partial charge in [0.05, 0.1) is 25.5 Å². The highest BCUT2D eigenvalue weighted by molar-refractivity contribution is 6.03. The molecule has 0 bridgehead atoms. The van der Waals surface area contributed by atoms with Crippen LogP contribution in [0.2, 0.25) is 0 Å². The zero-order chi connectivity index (χ0) is 19.3. The number of esters is 1. The molecule has 0 atom stereocenters. The summed E-state index contributed by atoms with van der Waals surface area (Å²) in [5.41, 5.74) is 0.821. The quantitative estimate of drug-likeness (QED) is 0.651. The van der Waals surface area contributed by atoms with Crippen LogP contribution in [0.5, 0.6) is 5.75 Å². The molecule has 5 nitrogen and oxygen atoms in total. The lowest BCUT2D eigenvalue weighted by Crippen LogP contribution is -2.12. The largest absolute Gasteiger partial charge is 0.496 e. The lowest BCUT2D eigenvalue weighted by Gasteiger charge is -2.08. The van der Waals surface area contributed by atoms with E-state index in [9.17, 15) is 18.4 Å². The van der Waals surface area contributed by atoms with Gasteiger partial charge in [0.1, 0.15) is 17.4 Å². The van der Waals surface area contributed by atoms with E-state index in [2.05, 4.69) is 10.1 Å². The van der Waals surface area contributed by atoms with Gasteiger partial charge in [-0.1, -0.05) is 11.6 Å². The number of carbonyl (C=O) groups is 2. The summed E-state index contributed by atoms with van der Waals surface area (Å²) in [5, 5.41) is 2.26. The van der Waals surface area contributed by atoms with Crippen molar-refractivity contribution in [2.75, 3.05) is 19.5 Å². The average Bonchev–Trinajstić information content (AvgIpc) is 2.61. The van der Waals surface area contributed by atoms with Crippen molar-refractivity contribution in [3.05, 3.63) is 64.7 Å². The van der Waals surface area contributed by atoms with Gasteiger partial charge in [-0.25, -0.2) is 13.6 Å². The van der Waals surface area contributed by atoms with E-state index in [0.29, 0.717) is 17.4 Å². The summed E-state index contributed by atoms with van der Waals surface area (Å²) in [6, 6.07) is 6.83. The van der Waals surface area contributed by atoms with Crippen molar-refractivity contribution in [2.45, 2.75) is 6.92 Å². The van der Waals surface area contributed by atoms with Crippen LogP contribution < -0.4 is 10.1 Å². The molecule has 2 aromatic rings. The number of halogens is 2. The Kier molecular flexibility index (Phi) is 6.06. The Morgan fingerprint density at radius 2 is 1.81 bits per heavy atom. The molecule has 0 spiro atoms. The molecule has 0 heterocycles. The number of benzene rings is 2. The van der Waals surface area contributed by atoms with Crippen LogP contribution >= 0.6 is 0 Å². The van der Waals surface area contributed by atoms with Crippen LogP contribution in [0.15, 0.2) is 36.4 Å². The van der Waals surface area contributed by atoms with E-state index in [1.54, 1.807) is 6.07 Å². The lowest BCUT2D eigenvalue weighted by molar-refractivity contribution is -0.111. The van der Waals surface area contributed by atoms with Gasteiger partial charge in [-0.3, -0.25) is 4.79 Å². The number of ether oxygens (including phenoxy) is 2. The summed E-state index contributed by atoms with van der Waals surface area (Å²) in [5.74, 6) is -3.15. The minimum atomic E-state index is -1.08. The number of carbonyl (C=O) groups excluding carboxylic acids is 2. The number of amides is 1. The summed E-state index contributed by atoms with van der Waals surface area (Å²) in [4.78, 5) is 23.5. The summed E-state index contributed by atoms with van der Waals surface area (Å²) in [7, 11) is 2.58. The van der Waals surface area contributed by atoms with E-state index in [1.807, 2.05) is 19.1 Å². The Morgan fingerprint density at radius 3 is 2.46 bits per heavy atom. The molecule has 0 saturated heterocycles. The van der Waals surface area contributed by atoms with Gasteiger partial charge in [-0.15, -0.1) is 0 Å². The number of aryl methyl sites for hydroxylation is 1. The van der Waals surface area contributed by atoms with Crippen LogP contribution in [0.1, 0.15) is 21.5 Å². The maximum atomic E-state index is 13.8. The normalized spacial score (nSPS) is 10.7. The van der Waals surface area contributed by atoms with E-state index in [0.717, 1.165) is 18.7 Å². The lowest BCUT2D eigenvalue weighted by atomic mass is 10.1. The second-order valence-corrected chi connectivity index (χ2v) is 5.37. The van der Waals surface area contributed by atoms with Crippen molar-refractivity contribution in [1.82, 2.24) is 0 Å². The fraction of sp³-hybridized carbons (Fsp3) is 0.158. The summed E-state index contributed by atoms with van der Waals surface area (Å²) in [6.45, 7) is 1.89. The average molecular weight is 361 g/mol. The maximum Gasteiger partial charge on any atom is 0.340 e. The Labute approximate surface area is 149 Å². The zero-order valence-electron chi connectivity index (χ0n) is 14.4. The highest BCUT2D eigenvalue weighted by atomic mass is 19.1. The third-order valence-electron chi connectivity index (χ3n) is 3.52. The predicted octanol–water partition coefficient (Wildman–Crippen LogP) is 3.72. The molecule has 136 valence electrons. The Balaban J connectivity index is 2.23. The van der Waals surface area contributed by atoms with Gasteiger partial charge in [0, 0.05) is 17.7 Å². The topological polar surface area (TPSA) is 64.6 Å². The molecule has 0 aliphatic rings. The fourth-order valence-corrected chi connectivity index (χ4v) is 2.24. The molecule has 2 rings (SSSR count). The van der Waals surface area contributed by atoms with Crippen molar-refractivity contribution >= 4 is 23.6 Å². The molecule has 0 fully saturated rings. The number of anilines is 1. The molecule has 26 heavy (non-hydrogen) atoms. The van der Waals surface area contributed by atoms with Gasteiger partial charge in [0.2, 0.25) is 5.91 Å². The van der Waals surface area contributed by atoms with E-state index in [4.69, 9.17) is 4.74 Å². The number of hydrogen-bond donors (Lipinski definition) is 1. The summed E-state index contributed by atoms with van der Waals surface area (Å²) >= 11 is 0. The molecule has 0 aromatic heterocycles. The van der Waals surface area contributed by atoms with Gasteiger partial charge in [-0.2, -0.15) is 0 Å². The van der Waals surface area contributed by atoms with Crippen LogP contribution in [-0.4, -0.2) is 26.1 Å². The predicted molar refractivity (Wildman–Crippen MR) is 93.1 cm³/mol. The fourth-order valence-electron chi connectivity index (χ4n) is 2.24. The van der Waals surface area contributed by atoms with E-state index >= 15 is 0 Å². The van der Waals surface area contributed by atoms with Crippen molar-refractivity contribution in [1.29, 1.82) is 0 Å². The van der Waals surface area contributed by atoms with Crippen LogP contribution in [0, 0.1) is 18.6 Å². The first-order valence-electron chi connectivity index (χ1n) is 7.56. The van der Waals surface area contributed by atoms with Gasteiger partial charge in [0.15, 0.2) is 0 Å². The first-order chi connectivity index (χ1) is 12.3. The zero-order valence-corrected chi connectivity index (χ0v) is 14.4. The van der Waals surface area contributed by atoms with Crippen molar-refractivity contribution in [3.63, 3.8) is 0 Å². The Hall–Kier alpha value is -3.22. The number of rotatable bonds is 5. The standard InChI is InChI=1S/C19H17F2NO4/c1-11-4-6-17(25-2)12(8-11)5-7-18(23)22-16-9-13(19(24)26-3)14(20)10-15(16)21/h4-10H,1-3H3,(H,22,23)/b7-5+. The van der Waals surface area contributed by atoms with E-state index in [-0.39, 0.29) is 5.69 Å². The molecule has 2 aromatic carbocycles. The van der Waals surface area contributed by atoms with Gasteiger partial charge < -0.3 is 14.8 Å². The second kappa shape index (κ2) is 8.24. The summed E-state index contributed by atoms with van der Waals surface area (Å²) in [6.07, 6.45) is 2.68. The van der Waals surface area contributed by atoms with E-state index < -0.39 is 29.1 Å². The first-order valence-corrected chi connectivity index (χ1v) is 7.56. The molecular formula is C19H17F2NO4. The highest BCUT2D eigenvalue weighted by Gasteiger charge is 2.17. The van der Waals surface area contributed by atoms with Gasteiger partial charge in [-0.05, 0) is 31.2 Å². The first kappa shape index (κ1) is 19.1. The monoisotopic (exact) mass is 361 g/mol. The van der Waals surface area contributed by atoms with Gasteiger partial charge >= 0.3 is 5.97 Å². The molecule has 0 unspecified atom stereocenters. The molecule has 7 heteroatoms. The molecule has 0 aliphatic heterocycles. The summed E-state index contributed by atoms with van der Waals surface area (Å²) < 4.78 is 37.1. The van der Waals surface area contributed by atoms with Crippen molar-refractivity contribution in [3.8, 4) is 5.75 Å². The van der Waals surface area contributed by atoms with Crippen LogP contribution in [0.4, 0.5) is 14.5 Å². The molecule has 0 radical (unpaired) electrons. The van der Waals surface area contributed by atoms with Crippen LogP contribution in [0.3, 0.4) is 0 Å². The van der Waals surface area contributed by atoms with Crippen molar-refractivity contribution in [2.24, 2.45) is 0 Å². The van der Waals surface area contributed by atoms with Crippen molar-refractivity contribution < 1.29 is 27.8 Å². The number of nitrogens with one attached hydrogen (secondary N) is 1. The minimum absolute atomic E-state index is 0.336. The Morgan fingerprint density at radius 1 is 1.08 bits per heavy atom. The number of hydrogen-bond acceptors (Lipinski definition) is 4. The third-order valence-corrected chi connectivity index (χ3v) is 3.52. The SMILES string of the molecule is COC(=O)c1cc(NC(=O)/C=C/c2cc(C)ccc2OC)c(F)cc1F. The number of methoxy groups -OCH3 is 2.